The van der Waals surface area contributed by atoms with Crippen LogP contribution in [0.3, 0.4) is 0 Å². The van der Waals surface area contributed by atoms with Gasteiger partial charge in [0.25, 0.3) is 0 Å². The van der Waals surface area contributed by atoms with E-state index in [-0.39, 0.29) is 24.8 Å². The monoisotopic (exact) mass is 364 g/mol. The molecule has 2 amide bonds. The molecule has 7 nitrogen and oxygen atoms in total. The molecule has 1 aliphatic heterocycles. The van der Waals surface area contributed by atoms with Crippen LogP contribution in [0.1, 0.15) is 32.8 Å². The third-order valence-electron chi connectivity index (χ3n) is 4.03. The van der Waals surface area contributed by atoms with E-state index in [1.807, 2.05) is 51.1 Å². The van der Waals surface area contributed by atoms with Gasteiger partial charge in [-0.25, -0.2) is 9.59 Å². The number of alkyl carbamates (subject to hydrolysis) is 1. The second-order valence-electron chi connectivity index (χ2n) is 7.30. The third kappa shape index (κ3) is 6.22. The van der Waals surface area contributed by atoms with Crippen LogP contribution in [-0.4, -0.2) is 55.0 Å². The molecule has 0 saturated carbocycles. The highest BCUT2D eigenvalue weighted by atomic mass is 16.6. The zero-order valence-electron chi connectivity index (χ0n) is 15.9. The van der Waals surface area contributed by atoms with E-state index in [1.165, 1.54) is 0 Å². The Labute approximate surface area is 154 Å². The van der Waals surface area contributed by atoms with Crippen LogP contribution >= 0.6 is 0 Å². The van der Waals surface area contributed by atoms with Crippen molar-refractivity contribution in [2.24, 2.45) is 0 Å². The number of piperidine rings is 1. The van der Waals surface area contributed by atoms with Crippen LogP contribution in [-0.2, 0) is 20.8 Å². The van der Waals surface area contributed by atoms with Gasteiger partial charge in [-0.2, -0.15) is 0 Å². The van der Waals surface area contributed by atoms with Gasteiger partial charge in [0.15, 0.2) is 0 Å². The molecule has 0 bridgehead atoms. The zero-order chi connectivity index (χ0) is 19.2. The van der Waals surface area contributed by atoms with Crippen molar-refractivity contribution in [3.63, 3.8) is 0 Å². The van der Waals surface area contributed by atoms with Crippen LogP contribution in [0, 0.1) is 0 Å². The standard InChI is InChI=1S/C19H28N2O5/c1-19(2,3)26-18(23)21-11-10-15(16(12-21)24-4)20-17(22)25-13-14-8-6-5-7-9-14/h5-9,15-16H,10-13H2,1-4H3,(H,20,22)/t15-,16-/m0/s1. The van der Waals surface area contributed by atoms with Gasteiger partial charge in [0.1, 0.15) is 12.2 Å². The number of nitrogens with zero attached hydrogens (tertiary/aromatic N) is 1. The number of hydrogen-bond donors (Lipinski definition) is 1. The number of rotatable bonds is 4. The number of carbonyl (C=O) groups is 2. The summed E-state index contributed by atoms with van der Waals surface area (Å²) in [6, 6.07) is 9.26. The van der Waals surface area contributed by atoms with E-state index >= 15 is 0 Å². The Morgan fingerprint density at radius 2 is 1.92 bits per heavy atom. The van der Waals surface area contributed by atoms with Gasteiger partial charge in [-0.1, -0.05) is 30.3 Å². The fourth-order valence-corrected chi connectivity index (χ4v) is 2.73. The molecule has 0 unspecified atom stereocenters. The van der Waals surface area contributed by atoms with Crippen molar-refractivity contribution in [3.05, 3.63) is 35.9 Å². The first-order valence-corrected chi connectivity index (χ1v) is 8.76. The topological polar surface area (TPSA) is 77.1 Å². The van der Waals surface area contributed by atoms with Crippen LogP contribution in [0.15, 0.2) is 30.3 Å². The molecule has 2 rings (SSSR count). The molecular formula is C19H28N2O5. The number of carbonyl (C=O) groups excluding carboxylic acids is 2. The summed E-state index contributed by atoms with van der Waals surface area (Å²) in [4.78, 5) is 25.9. The lowest BCUT2D eigenvalue weighted by Gasteiger charge is -2.38. The number of hydrogen-bond acceptors (Lipinski definition) is 5. The van der Waals surface area contributed by atoms with E-state index in [1.54, 1.807) is 12.0 Å². The first kappa shape index (κ1) is 20.0. The first-order valence-electron chi connectivity index (χ1n) is 8.76. The molecule has 0 radical (unpaired) electrons. The van der Waals surface area contributed by atoms with Gasteiger partial charge >= 0.3 is 12.2 Å². The molecular weight excluding hydrogens is 336 g/mol. The Balaban J connectivity index is 1.83. The minimum Gasteiger partial charge on any atom is -0.445 e. The molecule has 1 aliphatic rings. The van der Waals surface area contributed by atoms with E-state index in [2.05, 4.69) is 5.32 Å². The molecule has 7 heteroatoms. The number of likely N-dealkylation sites (tertiary alicyclic amines) is 1. The van der Waals surface area contributed by atoms with Gasteiger partial charge in [0.05, 0.1) is 18.7 Å². The Morgan fingerprint density at radius 3 is 2.54 bits per heavy atom. The minimum absolute atomic E-state index is 0.209. The molecule has 1 saturated heterocycles. The molecule has 1 aromatic carbocycles. The molecule has 1 heterocycles. The molecule has 2 atom stereocenters. The van der Waals surface area contributed by atoms with Gasteiger partial charge < -0.3 is 24.4 Å². The Morgan fingerprint density at radius 1 is 1.23 bits per heavy atom. The predicted molar refractivity (Wildman–Crippen MR) is 96.8 cm³/mol. The van der Waals surface area contributed by atoms with Gasteiger partial charge in [-0.15, -0.1) is 0 Å². The van der Waals surface area contributed by atoms with Crippen molar-refractivity contribution in [1.29, 1.82) is 0 Å². The van der Waals surface area contributed by atoms with Crippen LogP contribution in [0.2, 0.25) is 0 Å². The van der Waals surface area contributed by atoms with Gasteiger partial charge in [-0.05, 0) is 32.8 Å². The second-order valence-corrected chi connectivity index (χ2v) is 7.30. The van der Waals surface area contributed by atoms with Crippen LogP contribution < -0.4 is 5.32 Å². The number of ether oxygens (including phenoxy) is 3. The molecule has 0 aromatic heterocycles. The lowest BCUT2D eigenvalue weighted by molar-refractivity contribution is -0.0180. The highest BCUT2D eigenvalue weighted by Crippen LogP contribution is 2.18. The largest absolute Gasteiger partial charge is 0.445 e. The molecule has 1 fully saturated rings. The normalized spacial score (nSPS) is 20.4. The molecule has 144 valence electrons. The third-order valence-corrected chi connectivity index (χ3v) is 4.03. The highest BCUT2D eigenvalue weighted by Gasteiger charge is 2.34. The Kier molecular flexibility index (Phi) is 6.85. The summed E-state index contributed by atoms with van der Waals surface area (Å²) in [6.07, 6.45) is -0.616. The summed E-state index contributed by atoms with van der Waals surface area (Å²) in [6.45, 7) is 6.54. The maximum atomic E-state index is 12.2. The van der Waals surface area contributed by atoms with Crippen molar-refractivity contribution in [2.45, 2.75) is 51.5 Å². The predicted octanol–water partition coefficient (Wildman–Crippen LogP) is 2.94. The zero-order valence-corrected chi connectivity index (χ0v) is 15.9. The fraction of sp³-hybridized carbons (Fsp3) is 0.579. The van der Waals surface area contributed by atoms with Crippen molar-refractivity contribution < 1.29 is 23.8 Å². The minimum atomic E-state index is -0.546. The summed E-state index contributed by atoms with van der Waals surface area (Å²) in [5, 5.41) is 2.83. The summed E-state index contributed by atoms with van der Waals surface area (Å²) in [7, 11) is 1.56. The maximum Gasteiger partial charge on any atom is 0.410 e. The number of methoxy groups -OCH3 is 1. The van der Waals surface area contributed by atoms with Crippen molar-refractivity contribution in [2.75, 3.05) is 20.2 Å². The summed E-state index contributed by atoms with van der Waals surface area (Å²) in [5.41, 5.74) is 0.376. The molecule has 26 heavy (non-hydrogen) atoms. The molecule has 0 aliphatic carbocycles. The van der Waals surface area contributed by atoms with Gasteiger partial charge in [0, 0.05) is 13.7 Å². The SMILES string of the molecule is CO[C@H]1CN(C(=O)OC(C)(C)C)CC[C@@H]1NC(=O)OCc1ccccc1. The van der Waals surface area contributed by atoms with Crippen LogP contribution in [0.25, 0.3) is 0 Å². The number of nitrogens with one attached hydrogen (secondary N) is 1. The van der Waals surface area contributed by atoms with Crippen molar-refractivity contribution in [1.82, 2.24) is 10.2 Å². The Bertz CT molecular complexity index is 600. The van der Waals surface area contributed by atoms with E-state index in [9.17, 15) is 9.59 Å². The van der Waals surface area contributed by atoms with Crippen LogP contribution in [0.5, 0.6) is 0 Å². The molecule has 1 aromatic rings. The first-order chi connectivity index (χ1) is 12.3. The fourth-order valence-electron chi connectivity index (χ4n) is 2.73. The van der Waals surface area contributed by atoms with E-state index in [0.29, 0.717) is 19.5 Å². The van der Waals surface area contributed by atoms with E-state index in [4.69, 9.17) is 14.2 Å². The molecule has 0 spiro atoms. The van der Waals surface area contributed by atoms with Crippen molar-refractivity contribution >= 4 is 12.2 Å². The average molecular weight is 364 g/mol. The number of benzene rings is 1. The molecule has 1 N–H and O–H groups in total. The van der Waals surface area contributed by atoms with Gasteiger partial charge in [-0.3, -0.25) is 0 Å². The highest BCUT2D eigenvalue weighted by molar-refractivity contribution is 5.69. The summed E-state index contributed by atoms with van der Waals surface area (Å²) < 4.78 is 16.1. The van der Waals surface area contributed by atoms with E-state index in [0.717, 1.165) is 5.56 Å². The van der Waals surface area contributed by atoms with E-state index < -0.39 is 11.7 Å². The number of amides is 2. The maximum absolute atomic E-state index is 12.2. The smallest absolute Gasteiger partial charge is 0.410 e. The van der Waals surface area contributed by atoms with Crippen LogP contribution in [0.4, 0.5) is 9.59 Å². The average Bonchev–Trinajstić information content (AvgIpc) is 2.59. The van der Waals surface area contributed by atoms with Gasteiger partial charge in [0.2, 0.25) is 0 Å². The summed E-state index contributed by atoms with van der Waals surface area (Å²) >= 11 is 0. The summed E-state index contributed by atoms with van der Waals surface area (Å²) in [5.74, 6) is 0. The van der Waals surface area contributed by atoms with Crippen molar-refractivity contribution in [3.8, 4) is 0 Å². The second kappa shape index (κ2) is 8.89. The lowest BCUT2D eigenvalue weighted by Crippen LogP contribution is -2.56. The Hall–Kier alpha value is -2.28. The lowest BCUT2D eigenvalue weighted by atomic mass is 10.0. The quantitative estimate of drug-likeness (QED) is 0.889.